The number of rotatable bonds is 5. The van der Waals surface area contributed by atoms with E-state index in [1.165, 1.54) is 0 Å². The van der Waals surface area contributed by atoms with Gasteiger partial charge in [0, 0.05) is 25.1 Å². The SMILES string of the molecule is Nc1ccc(CC(=O)CCC2CCCO2)cc1. The summed E-state index contributed by atoms with van der Waals surface area (Å²) in [7, 11) is 0. The van der Waals surface area contributed by atoms with Crippen LogP contribution in [0.2, 0.25) is 0 Å². The molecule has 2 rings (SSSR count). The number of nitrogen functional groups attached to an aromatic ring is 1. The highest BCUT2D eigenvalue weighted by molar-refractivity contribution is 5.80. The van der Waals surface area contributed by atoms with Gasteiger partial charge in [0.1, 0.15) is 5.78 Å². The molecule has 17 heavy (non-hydrogen) atoms. The van der Waals surface area contributed by atoms with Gasteiger partial charge >= 0.3 is 0 Å². The van der Waals surface area contributed by atoms with Crippen molar-refractivity contribution in [2.75, 3.05) is 12.3 Å². The van der Waals surface area contributed by atoms with E-state index < -0.39 is 0 Å². The molecular formula is C14H19NO2. The molecule has 1 heterocycles. The number of carbonyl (C=O) groups excluding carboxylic acids is 1. The summed E-state index contributed by atoms with van der Waals surface area (Å²) in [5.41, 5.74) is 7.37. The third kappa shape index (κ3) is 3.86. The number of Topliss-reactive ketones (excluding diaryl/α,β-unsaturated/α-hetero) is 1. The van der Waals surface area contributed by atoms with Crippen LogP contribution >= 0.6 is 0 Å². The van der Waals surface area contributed by atoms with Gasteiger partial charge in [-0.1, -0.05) is 12.1 Å². The minimum absolute atomic E-state index is 0.283. The summed E-state index contributed by atoms with van der Waals surface area (Å²) >= 11 is 0. The summed E-state index contributed by atoms with van der Waals surface area (Å²) < 4.78 is 5.50. The van der Waals surface area contributed by atoms with Crippen LogP contribution in [0.25, 0.3) is 0 Å². The monoisotopic (exact) mass is 233 g/mol. The largest absolute Gasteiger partial charge is 0.399 e. The lowest BCUT2D eigenvalue weighted by molar-refractivity contribution is -0.119. The molecule has 0 aromatic heterocycles. The maximum absolute atomic E-state index is 11.8. The molecule has 2 N–H and O–H groups in total. The molecule has 1 saturated heterocycles. The molecule has 0 amide bonds. The van der Waals surface area contributed by atoms with Crippen LogP contribution in [0, 0.1) is 0 Å². The van der Waals surface area contributed by atoms with Crippen molar-refractivity contribution >= 4 is 11.5 Å². The molecule has 0 bridgehead atoms. The van der Waals surface area contributed by atoms with Gasteiger partial charge in [-0.25, -0.2) is 0 Å². The second-order valence-corrected chi connectivity index (χ2v) is 4.63. The molecule has 3 nitrogen and oxygen atoms in total. The van der Waals surface area contributed by atoms with E-state index >= 15 is 0 Å². The van der Waals surface area contributed by atoms with Gasteiger partial charge in [0.2, 0.25) is 0 Å². The Hall–Kier alpha value is -1.35. The third-order valence-electron chi connectivity index (χ3n) is 3.15. The van der Waals surface area contributed by atoms with Crippen molar-refractivity contribution in [2.45, 2.75) is 38.2 Å². The van der Waals surface area contributed by atoms with E-state index in [-0.39, 0.29) is 5.78 Å². The van der Waals surface area contributed by atoms with Crippen molar-refractivity contribution in [3.8, 4) is 0 Å². The minimum atomic E-state index is 0.283. The normalized spacial score (nSPS) is 19.4. The van der Waals surface area contributed by atoms with E-state index in [9.17, 15) is 4.79 Å². The predicted octanol–water partition coefficient (Wildman–Crippen LogP) is 2.34. The van der Waals surface area contributed by atoms with Crippen LogP contribution in [0.5, 0.6) is 0 Å². The van der Waals surface area contributed by atoms with Gasteiger partial charge < -0.3 is 10.5 Å². The standard InChI is InChI=1S/C14H19NO2/c15-12-5-3-11(4-6-12)10-13(16)7-8-14-2-1-9-17-14/h3-6,14H,1-2,7-10,15H2. The van der Waals surface area contributed by atoms with Gasteiger partial charge in [0.25, 0.3) is 0 Å². The Kier molecular flexibility index (Phi) is 4.15. The van der Waals surface area contributed by atoms with E-state index in [1.807, 2.05) is 24.3 Å². The molecular weight excluding hydrogens is 214 g/mol. The summed E-state index contributed by atoms with van der Waals surface area (Å²) in [5, 5.41) is 0. The highest BCUT2D eigenvalue weighted by atomic mass is 16.5. The second kappa shape index (κ2) is 5.82. The van der Waals surface area contributed by atoms with Gasteiger partial charge in [-0.3, -0.25) is 4.79 Å². The molecule has 1 unspecified atom stereocenters. The lowest BCUT2D eigenvalue weighted by Crippen LogP contribution is -2.10. The molecule has 1 fully saturated rings. The number of benzene rings is 1. The van der Waals surface area contributed by atoms with Crippen molar-refractivity contribution < 1.29 is 9.53 Å². The quantitative estimate of drug-likeness (QED) is 0.794. The van der Waals surface area contributed by atoms with Gasteiger partial charge in [0.15, 0.2) is 0 Å². The molecule has 92 valence electrons. The zero-order chi connectivity index (χ0) is 12.1. The van der Waals surface area contributed by atoms with E-state index in [2.05, 4.69) is 0 Å². The molecule has 0 radical (unpaired) electrons. The van der Waals surface area contributed by atoms with Crippen molar-refractivity contribution in [3.63, 3.8) is 0 Å². The molecule has 0 spiro atoms. The molecule has 1 atom stereocenters. The molecule has 1 aliphatic rings. The fraction of sp³-hybridized carbons (Fsp3) is 0.500. The molecule has 1 aromatic rings. The number of hydrogen-bond donors (Lipinski definition) is 1. The first-order valence-corrected chi connectivity index (χ1v) is 6.22. The Balaban J connectivity index is 1.74. The molecule has 1 aliphatic heterocycles. The Morgan fingerprint density at radius 3 is 2.76 bits per heavy atom. The van der Waals surface area contributed by atoms with Crippen molar-refractivity contribution in [1.82, 2.24) is 0 Å². The predicted molar refractivity (Wildman–Crippen MR) is 67.8 cm³/mol. The van der Waals surface area contributed by atoms with Crippen LogP contribution in [-0.4, -0.2) is 18.5 Å². The van der Waals surface area contributed by atoms with Gasteiger partial charge in [-0.05, 0) is 37.0 Å². The third-order valence-corrected chi connectivity index (χ3v) is 3.15. The van der Waals surface area contributed by atoms with E-state index in [4.69, 9.17) is 10.5 Å². The fourth-order valence-electron chi connectivity index (χ4n) is 2.15. The lowest BCUT2D eigenvalue weighted by atomic mass is 10.0. The minimum Gasteiger partial charge on any atom is -0.399 e. The number of nitrogens with two attached hydrogens (primary N) is 1. The van der Waals surface area contributed by atoms with Gasteiger partial charge in [-0.15, -0.1) is 0 Å². The summed E-state index contributed by atoms with van der Waals surface area (Å²) in [4.78, 5) is 11.8. The van der Waals surface area contributed by atoms with Gasteiger partial charge in [-0.2, -0.15) is 0 Å². The number of ether oxygens (including phenoxy) is 1. The first-order chi connectivity index (χ1) is 8.24. The highest BCUT2D eigenvalue weighted by Gasteiger charge is 2.16. The maximum atomic E-state index is 11.8. The van der Waals surface area contributed by atoms with Crippen LogP contribution < -0.4 is 5.73 Å². The van der Waals surface area contributed by atoms with Crippen molar-refractivity contribution in [2.24, 2.45) is 0 Å². The molecule has 0 saturated carbocycles. The Labute approximate surface area is 102 Å². The molecule has 1 aromatic carbocycles. The lowest BCUT2D eigenvalue weighted by Gasteiger charge is -2.08. The van der Waals surface area contributed by atoms with Crippen molar-refractivity contribution in [3.05, 3.63) is 29.8 Å². The van der Waals surface area contributed by atoms with E-state index in [0.717, 1.165) is 37.1 Å². The highest BCUT2D eigenvalue weighted by Crippen LogP contribution is 2.17. The van der Waals surface area contributed by atoms with Crippen LogP contribution in [0.4, 0.5) is 5.69 Å². The van der Waals surface area contributed by atoms with Crippen LogP contribution in [-0.2, 0) is 16.0 Å². The average Bonchev–Trinajstić information content (AvgIpc) is 2.83. The number of ketones is 1. The molecule has 3 heteroatoms. The van der Waals surface area contributed by atoms with Crippen LogP contribution in [0.15, 0.2) is 24.3 Å². The zero-order valence-electron chi connectivity index (χ0n) is 10.0. The number of carbonyl (C=O) groups is 1. The summed E-state index contributed by atoms with van der Waals surface area (Å²) in [6.45, 7) is 0.858. The first kappa shape index (κ1) is 12.1. The maximum Gasteiger partial charge on any atom is 0.137 e. The second-order valence-electron chi connectivity index (χ2n) is 4.63. The smallest absolute Gasteiger partial charge is 0.137 e. The number of anilines is 1. The Bertz CT molecular complexity index is 366. The Morgan fingerprint density at radius 1 is 1.35 bits per heavy atom. The summed E-state index contributed by atoms with van der Waals surface area (Å²) in [5.74, 6) is 0.283. The zero-order valence-corrected chi connectivity index (χ0v) is 10.0. The van der Waals surface area contributed by atoms with Crippen LogP contribution in [0.3, 0.4) is 0 Å². The first-order valence-electron chi connectivity index (χ1n) is 6.22. The Morgan fingerprint density at radius 2 is 2.12 bits per heavy atom. The number of hydrogen-bond acceptors (Lipinski definition) is 3. The fourth-order valence-corrected chi connectivity index (χ4v) is 2.15. The topological polar surface area (TPSA) is 52.3 Å². The van der Waals surface area contributed by atoms with Crippen molar-refractivity contribution in [1.29, 1.82) is 0 Å². The molecule has 0 aliphatic carbocycles. The summed E-state index contributed by atoms with van der Waals surface area (Å²) in [6, 6.07) is 7.50. The van der Waals surface area contributed by atoms with E-state index in [1.54, 1.807) is 0 Å². The van der Waals surface area contributed by atoms with Crippen LogP contribution in [0.1, 0.15) is 31.2 Å². The van der Waals surface area contributed by atoms with E-state index in [0.29, 0.717) is 18.9 Å². The average molecular weight is 233 g/mol. The summed E-state index contributed by atoms with van der Waals surface area (Å²) in [6.07, 6.45) is 4.55. The van der Waals surface area contributed by atoms with Gasteiger partial charge in [0.05, 0.1) is 6.10 Å².